The number of hydrogen-bond donors (Lipinski definition) is 0. The molecule has 0 unspecified atom stereocenters. The number of fused-ring (bicyclic) bond motifs is 1. The van der Waals surface area contributed by atoms with Gasteiger partial charge in [0.05, 0.1) is 11.4 Å². The van der Waals surface area contributed by atoms with Crippen LogP contribution in [0.15, 0.2) is 59.6 Å². The van der Waals surface area contributed by atoms with E-state index in [0.29, 0.717) is 41.9 Å². The largest absolute Gasteiger partial charge is 0.486 e. The van der Waals surface area contributed by atoms with Crippen molar-refractivity contribution in [1.82, 2.24) is 9.97 Å². The molecule has 0 aliphatic carbocycles. The minimum absolute atomic E-state index is 0.0227. The van der Waals surface area contributed by atoms with E-state index in [2.05, 4.69) is 9.97 Å². The molecule has 136 valence electrons. The van der Waals surface area contributed by atoms with Crippen molar-refractivity contribution in [3.05, 3.63) is 66.0 Å². The van der Waals surface area contributed by atoms with Crippen molar-refractivity contribution in [3.63, 3.8) is 0 Å². The molecule has 0 amide bonds. The van der Waals surface area contributed by atoms with Gasteiger partial charge in [0.1, 0.15) is 24.1 Å². The van der Waals surface area contributed by atoms with Crippen molar-refractivity contribution in [1.29, 1.82) is 0 Å². The van der Waals surface area contributed by atoms with Crippen molar-refractivity contribution in [2.75, 3.05) is 19.0 Å². The molecule has 0 saturated carbocycles. The Hall–Kier alpha value is -2.86. The van der Waals surface area contributed by atoms with Gasteiger partial charge in [-0.05, 0) is 31.2 Å². The molecule has 0 N–H and O–H groups in total. The molecule has 1 aromatic heterocycles. The second-order valence-electron chi connectivity index (χ2n) is 6.07. The maximum atomic E-state index is 12.6. The molecule has 1 aliphatic heterocycles. The zero-order chi connectivity index (χ0) is 18.6. The second kappa shape index (κ2) is 7.80. The lowest BCUT2D eigenvalue weighted by molar-refractivity contribution is 0.102. The number of thioether (sulfide) groups is 1. The van der Waals surface area contributed by atoms with Gasteiger partial charge in [0, 0.05) is 11.1 Å². The second-order valence-corrected chi connectivity index (χ2v) is 7.07. The first-order chi connectivity index (χ1) is 13.2. The smallest absolute Gasteiger partial charge is 0.173 e. The van der Waals surface area contributed by atoms with E-state index in [1.165, 1.54) is 11.8 Å². The summed E-state index contributed by atoms with van der Waals surface area (Å²) >= 11 is 1.41. The minimum atomic E-state index is 0.0227. The summed E-state index contributed by atoms with van der Waals surface area (Å²) in [7, 11) is 0. The van der Waals surface area contributed by atoms with Gasteiger partial charge in [-0.2, -0.15) is 0 Å². The predicted molar refractivity (Wildman–Crippen MR) is 105 cm³/mol. The number of Topliss-reactive ketones (excluding diaryl/α,β-unsaturated/α-hetero) is 1. The van der Waals surface area contributed by atoms with Crippen LogP contribution >= 0.6 is 11.8 Å². The summed E-state index contributed by atoms with van der Waals surface area (Å²) in [5, 5.41) is 0.784. The zero-order valence-corrected chi connectivity index (χ0v) is 15.7. The molecule has 0 atom stereocenters. The van der Waals surface area contributed by atoms with Crippen LogP contribution in [0.25, 0.3) is 11.3 Å². The Balaban J connectivity index is 1.48. The van der Waals surface area contributed by atoms with Crippen LogP contribution < -0.4 is 9.47 Å². The van der Waals surface area contributed by atoms with Crippen LogP contribution in [-0.4, -0.2) is 34.7 Å². The van der Waals surface area contributed by atoms with Crippen LogP contribution in [0.2, 0.25) is 0 Å². The number of carbonyl (C=O) groups excluding carboxylic acids is 1. The fraction of sp³-hybridized carbons (Fsp3) is 0.190. The zero-order valence-electron chi connectivity index (χ0n) is 14.8. The lowest BCUT2D eigenvalue weighted by atomic mass is 10.1. The Labute approximate surface area is 161 Å². The predicted octanol–water partition coefficient (Wildman–Crippen LogP) is 4.20. The third-order valence-electron chi connectivity index (χ3n) is 4.10. The first-order valence-electron chi connectivity index (χ1n) is 8.66. The number of hydrogen-bond acceptors (Lipinski definition) is 6. The summed E-state index contributed by atoms with van der Waals surface area (Å²) in [6.07, 6.45) is 0. The van der Waals surface area contributed by atoms with Crippen molar-refractivity contribution in [3.8, 4) is 22.8 Å². The standard InChI is InChI=1S/C21H18N2O3S/c1-14-22-17(15-5-3-2-4-6-15)12-21(23-14)27-13-18(24)16-7-8-19-20(11-16)26-10-9-25-19/h2-8,11-12H,9-10,13H2,1H3. The Morgan fingerprint density at radius 2 is 1.78 bits per heavy atom. The van der Waals surface area contributed by atoms with Crippen molar-refractivity contribution in [2.45, 2.75) is 11.9 Å². The molecule has 27 heavy (non-hydrogen) atoms. The molecule has 2 heterocycles. The summed E-state index contributed by atoms with van der Waals surface area (Å²) in [5.41, 5.74) is 2.50. The summed E-state index contributed by atoms with van der Waals surface area (Å²) in [6.45, 7) is 2.90. The molecular formula is C21H18N2O3S. The molecule has 5 nitrogen and oxygen atoms in total. The maximum Gasteiger partial charge on any atom is 0.173 e. The molecule has 0 radical (unpaired) electrons. The third-order valence-corrected chi connectivity index (χ3v) is 5.01. The molecule has 3 aromatic rings. The number of ether oxygens (including phenoxy) is 2. The number of rotatable bonds is 5. The van der Waals surface area contributed by atoms with Crippen LogP contribution in [0.1, 0.15) is 16.2 Å². The monoisotopic (exact) mass is 378 g/mol. The lowest BCUT2D eigenvalue weighted by Crippen LogP contribution is -2.16. The molecule has 0 spiro atoms. The number of benzene rings is 2. The highest BCUT2D eigenvalue weighted by Gasteiger charge is 2.15. The number of aryl methyl sites for hydroxylation is 1. The topological polar surface area (TPSA) is 61.3 Å². The van der Waals surface area contributed by atoms with Crippen LogP contribution in [0.3, 0.4) is 0 Å². The van der Waals surface area contributed by atoms with E-state index >= 15 is 0 Å². The first-order valence-corrected chi connectivity index (χ1v) is 9.64. The van der Waals surface area contributed by atoms with Gasteiger partial charge in [-0.3, -0.25) is 4.79 Å². The van der Waals surface area contributed by atoms with Gasteiger partial charge in [0.15, 0.2) is 17.3 Å². The SMILES string of the molecule is Cc1nc(SCC(=O)c2ccc3c(c2)OCCO3)cc(-c2ccccc2)n1. The Morgan fingerprint density at radius 1 is 1.00 bits per heavy atom. The fourth-order valence-corrected chi connectivity index (χ4v) is 3.65. The van der Waals surface area contributed by atoms with E-state index in [9.17, 15) is 4.79 Å². The van der Waals surface area contributed by atoms with Gasteiger partial charge in [-0.1, -0.05) is 42.1 Å². The molecular weight excluding hydrogens is 360 g/mol. The Bertz CT molecular complexity index is 976. The summed E-state index contributed by atoms with van der Waals surface area (Å²) < 4.78 is 11.1. The highest BCUT2D eigenvalue weighted by molar-refractivity contribution is 7.99. The van der Waals surface area contributed by atoms with Gasteiger partial charge >= 0.3 is 0 Å². The molecule has 2 aromatic carbocycles. The average molecular weight is 378 g/mol. The van der Waals surface area contributed by atoms with Gasteiger partial charge in [-0.25, -0.2) is 9.97 Å². The van der Waals surface area contributed by atoms with Gasteiger partial charge in [-0.15, -0.1) is 0 Å². The molecule has 1 aliphatic rings. The van der Waals surface area contributed by atoms with Crippen molar-refractivity contribution in [2.24, 2.45) is 0 Å². The van der Waals surface area contributed by atoms with Gasteiger partial charge in [0.2, 0.25) is 0 Å². The fourth-order valence-electron chi connectivity index (χ4n) is 2.81. The lowest BCUT2D eigenvalue weighted by Gasteiger charge is -2.18. The molecule has 0 bridgehead atoms. The summed E-state index contributed by atoms with van der Waals surface area (Å²) in [5.74, 6) is 2.32. The quantitative estimate of drug-likeness (QED) is 0.377. The van der Waals surface area contributed by atoms with E-state index in [-0.39, 0.29) is 5.78 Å². The van der Waals surface area contributed by atoms with Crippen molar-refractivity contribution >= 4 is 17.5 Å². The van der Waals surface area contributed by atoms with E-state index in [1.807, 2.05) is 43.3 Å². The van der Waals surface area contributed by atoms with E-state index in [4.69, 9.17) is 9.47 Å². The van der Waals surface area contributed by atoms with E-state index < -0.39 is 0 Å². The molecule has 4 rings (SSSR count). The van der Waals surface area contributed by atoms with E-state index in [0.717, 1.165) is 16.3 Å². The first kappa shape index (κ1) is 17.5. The van der Waals surface area contributed by atoms with Crippen LogP contribution in [-0.2, 0) is 0 Å². The minimum Gasteiger partial charge on any atom is -0.486 e. The van der Waals surface area contributed by atoms with Crippen molar-refractivity contribution < 1.29 is 14.3 Å². The summed E-state index contributed by atoms with van der Waals surface area (Å²) in [4.78, 5) is 21.5. The van der Waals surface area contributed by atoms with Crippen LogP contribution in [0.4, 0.5) is 0 Å². The molecule has 0 saturated heterocycles. The number of aromatic nitrogens is 2. The third kappa shape index (κ3) is 4.11. The van der Waals surface area contributed by atoms with Crippen LogP contribution in [0, 0.1) is 6.92 Å². The highest BCUT2D eigenvalue weighted by atomic mass is 32.2. The maximum absolute atomic E-state index is 12.6. The summed E-state index contributed by atoms with van der Waals surface area (Å²) in [6, 6.07) is 17.2. The van der Waals surface area contributed by atoms with Gasteiger partial charge in [0.25, 0.3) is 0 Å². The number of nitrogens with zero attached hydrogens (tertiary/aromatic N) is 2. The Morgan fingerprint density at radius 3 is 2.59 bits per heavy atom. The van der Waals surface area contributed by atoms with E-state index in [1.54, 1.807) is 18.2 Å². The molecule has 0 fully saturated rings. The van der Waals surface area contributed by atoms with Gasteiger partial charge < -0.3 is 9.47 Å². The van der Waals surface area contributed by atoms with Crippen LogP contribution in [0.5, 0.6) is 11.5 Å². The average Bonchev–Trinajstić information content (AvgIpc) is 2.72. The molecule has 6 heteroatoms. The number of carbonyl (C=O) groups is 1. The normalized spacial score (nSPS) is 12.6. The highest BCUT2D eigenvalue weighted by Crippen LogP contribution is 2.31. The number of ketones is 1. The Kier molecular flexibility index (Phi) is 5.07.